The van der Waals surface area contributed by atoms with Crippen molar-refractivity contribution >= 4 is 35.2 Å². The second-order valence-electron chi connectivity index (χ2n) is 5.81. The Hall–Kier alpha value is -1.60. The molecule has 3 aromatic rings. The molecule has 0 atom stereocenters. The molecule has 4 heterocycles. The van der Waals surface area contributed by atoms with Crippen molar-refractivity contribution in [2.75, 3.05) is 6.54 Å². The smallest absolute Gasteiger partial charge is 0.196 e. The van der Waals surface area contributed by atoms with Crippen LogP contribution in [0, 0.1) is 4.77 Å². The first-order valence-corrected chi connectivity index (χ1v) is 9.28. The summed E-state index contributed by atoms with van der Waals surface area (Å²) in [6.07, 6.45) is 4.82. The second kappa shape index (κ2) is 6.72. The van der Waals surface area contributed by atoms with Gasteiger partial charge in [0.25, 0.3) is 0 Å². The maximum Gasteiger partial charge on any atom is 0.196 e. The third kappa shape index (κ3) is 3.42. The van der Waals surface area contributed by atoms with Crippen LogP contribution in [0.2, 0.25) is 4.34 Å². The molecule has 0 radical (unpaired) electrons. The van der Waals surface area contributed by atoms with E-state index in [2.05, 4.69) is 32.0 Å². The minimum Gasteiger partial charge on any atom is -0.334 e. The number of aromatic nitrogens is 3. The van der Waals surface area contributed by atoms with E-state index in [1.165, 1.54) is 16.8 Å². The predicted octanol–water partition coefficient (Wildman–Crippen LogP) is 4.47. The molecule has 3 aromatic heterocycles. The number of nitrogens with zero attached hydrogens (tertiary/aromatic N) is 3. The van der Waals surface area contributed by atoms with Gasteiger partial charge in [-0.15, -0.1) is 11.3 Å². The number of rotatable bonds is 3. The Morgan fingerprint density at radius 1 is 1.21 bits per heavy atom. The Labute approximate surface area is 154 Å². The summed E-state index contributed by atoms with van der Waals surface area (Å²) >= 11 is 12.6. The number of nitrogens with one attached hydrogen (secondary N) is 1. The van der Waals surface area contributed by atoms with E-state index in [0.29, 0.717) is 4.77 Å². The molecule has 1 aliphatic rings. The fraction of sp³-hybridized carbons (Fsp3) is 0.235. The first kappa shape index (κ1) is 15.9. The summed E-state index contributed by atoms with van der Waals surface area (Å²) in [6.45, 7) is 2.77. The van der Waals surface area contributed by atoms with Crippen molar-refractivity contribution in [1.82, 2.24) is 19.9 Å². The summed E-state index contributed by atoms with van der Waals surface area (Å²) in [5.74, 6) is 0. The van der Waals surface area contributed by atoms with Crippen LogP contribution in [-0.4, -0.2) is 26.4 Å². The van der Waals surface area contributed by atoms with Crippen molar-refractivity contribution in [1.29, 1.82) is 0 Å². The van der Waals surface area contributed by atoms with Crippen molar-refractivity contribution in [2.24, 2.45) is 0 Å². The van der Waals surface area contributed by atoms with E-state index in [4.69, 9.17) is 23.8 Å². The molecule has 24 heavy (non-hydrogen) atoms. The van der Waals surface area contributed by atoms with Gasteiger partial charge in [0.15, 0.2) is 4.77 Å². The maximum atomic E-state index is 5.99. The van der Waals surface area contributed by atoms with E-state index in [1.807, 2.05) is 24.5 Å². The third-order valence-electron chi connectivity index (χ3n) is 4.11. The Morgan fingerprint density at radius 2 is 2.12 bits per heavy atom. The van der Waals surface area contributed by atoms with Gasteiger partial charge in [0, 0.05) is 49.7 Å². The second-order valence-corrected chi connectivity index (χ2v) is 7.91. The van der Waals surface area contributed by atoms with Gasteiger partial charge >= 0.3 is 0 Å². The van der Waals surface area contributed by atoms with Crippen LogP contribution in [0.4, 0.5) is 0 Å². The van der Waals surface area contributed by atoms with Gasteiger partial charge < -0.3 is 4.98 Å². The molecule has 7 heteroatoms. The van der Waals surface area contributed by atoms with E-state index in [1.54, 1.807) is 11.3 Å². The Balaban J connectivity index is 1.46. The molecule has 0 fully saturated rings. The Morgan fingerprint density at radius 3 is 2.88 bits per heavy atom. The highest BCUT2D eigenvalue weighted by molar-refractivity contribution is 7.71. The Kier molecular flexibility index (Phi) is 4.45. The molecule has 0 aromatic carbocycles. The van der Waals surface area contributed by atoms with E-state index < -0.39 is 0 Å². The highest BCUT2D eigenvalue weighted by atomic mass is 35.5. The largest absolute Gasteiger partial charge is 0.334 e. The lowest BCUT2D eigenvalue weighted by atomic mass is 10.1. The summed E-state index contributed by atoms with van der Waals surface area (Å²) in [5.41, 5.74) is 4.63. The first-order chi connectivity index (χ1) is 11.7. The Bertz CT molecular complexity index is 917. The van der Waals surface area contributed by atoms with Crippen LogP contribution < -0.4 is 0 Å². The van der Waals surface area contributed by atoms with Gasteiger partial charge in [-0.2, -0.15) is 0 Å². The van der Waals surface area contributed by atoms with E-state index in [0.717, 1.165) is 41.0 Å². The fourth-order valence-electron chi connectivity index (χ4n) is 2.91. The standard InChI is InChI=1S/C17H15ClN4S2/c18-16-4-3-15(24-16)14-2-1-11(7-19-14)9-22-6-5-13-12(10-22)8-20-17(23)21-13/h1-4,7-8H,5-6,9-10H2,(H,20,21,23). The van der Waals surface area contributed by atoms with Crippen molar-refractivity contribution in [3.63, 3.8) is 0 Å². The number of hydrogen-bond donors (Lipinski definition) is 1. The summed E-state index contributed by atoms with van der Waals surface area (Å²) in [6, 6.07) is 8.12. The van der Waals surface area contributed by atoms with E-state index in [-0.39, 0.29) is 0 Å². The molecule has 0 saturated carbocycles. The fourth-order valence-corrected chi connectivity index (χ4v) is 4.11. The molecule has 0 unspecified atom stereocenters. The van der Waals surface area contributed by atoms with Gasteiger partial charge in [0.1, 0.15) is 0 Å². The average molecular weight is 375 g/mol. The van der Waals surface area contributed by atoms with E-state index >= 15 is 0 Å². The van der Waals surface area contributed by atoms with Crippen LogP contribution >= 0.6 is 35.2 Å². The number of thiophene rings is 1. The predicted molar refractivity (Wildman–Crippen MR) is 99.8 cm³/mol. The van der Waals surface area contributed by atoms with Crippen LogP contribution in [0.15, 0.2) is 36.7 Å². The number of fused-ring (bicyclic) bond motifs is 1. The SMILES string of the molecule is S=c1ncc2c([nH]1)CCN(Cc1ccc(-c3ccc(Cl)s3)nc1)C2. The van der Waals surface area contributed by atoms with Crippen molar-refractivity contribution in [3.8, 4) is 10.6 Å². The lowest BCUT2D eigenvalue weighted by molar-refractivity contribution is 0.242. The van der Waals surface area contributed by atoms with Gasteiger partial charge in [-0.1, -0.05) is 17.7 Å². The van der Waals surface area contributed by atoms with Crippen LogP contribution in [0.5, 0.6) is 0 Å². The van der Waals surface area contributed by atoms with E-state index in [9.17, 15) is 0 Å². The molecule has 122 valence electrons. The number of halogens is 1. The normalized spacial score (nSPS) is 14.5. The van der Waals surface area contributed by atoms with Crippen molar-refractivity contribution in [3.05, 3.63) is 62.6 Å². The zero-order chi connectivity index (χ0) is 16.5. The summed E-state index contributed by atoms with van der Waals surface area (Å²) in [5, 5.41) is 0. The molecule has 1 N–H and O–H groups in total. The number of aromatic amines is 1. The molecule has 0 spiro atoms. The molecule has 0 saturated heterocycles. The number of hydrogen-bond acceptors (Lipinski definition) is 5. The van der Waals surface area contributed by atoms with Gasteiger partial charge in [-0.05, 0) is 36.0 Å². The maximum absolute atomic E-state index is 5.99. The monoisotopic (exact) mass is 374 g/mol. The summed E-state index contributed by atoms with van der Waals surface area (Å²) in [7, 11) is 0. The first-order valence-electron chi connectivity index (χ1n) is 7.67. The van der Waals surface area contributed by atoms with Crippen molar-refractivity contribution in [2.45, 2.75) is 19.5 Å². The van der Waals surface area contributed by atoms with Gasteiger partial charge in [-0.3, -0.25) is 9.88 Å². The molecular formula is C17H15ClN4S2. The zero-order valence-corrected chi connectivity index (χ0v) is 15.2. The molecular weight excluding hydrogens is 360 g/mol. The van der Waals surface area contributed by atoms with Crippen LogP contribution in [-0.2, 0) is 19.5 Å². The number of pyridine rings is 1. The highest BCUT2D eigenvalue weighted by Gasteiger charge is 2.17. The molecule has 0 amide bonds. The van der Waals surface area contributed by atoms with Gasteiger partial charge in [0.05, 0.1) is 14.9 Å². The minimum absolute atomic E-state index is 0.565. The average Bonchev–Trinajstić information content (AvgIpc) is 3.02. The van der Waals surface area contributed by atoms with Crippen LogP contribution in [0.25, 0.3) is 10.6 Å². The van der Waals surface area contributed by atoms with Crippen molar-refractivity contribution < 1.29 is 0 Å². The minimum atomic E-state index is 0.565. The summed E-state index contributed by atoms with van der Waals surface area (Å²) in [4.78, 5) is 15.5. The molecule has 4 nitrogen and oxygen atoms in total. The molecule has 4 rings (SSSR count). The number of H-pyrrole nitrogens is 1. The quantitative estimate of drug-likeness (QED) is 0.687. The topological polar surface area (TPSA) is 44.8 Å². The lowest BCUT2D eigenvalue weighted by Gasteiger charge is -2.28. The van der Waals surface area contributed by atoms with Gasteiger partial charge in [-0.25, -0.2) is 4.98 Å². The van der Waals surface area contributed by atoms with Crippen LogP contribution in [0.1, 0.15) is 16.8 Å². The van der Waals surface area contributed by atoms with Crippen LogP contribution in [0.3, 0.4) is 0 Å². The van der Waals surface area contributed by atoms with Gasteiger partial charge in [0.2, 0.25) is 0 Å². The zero-order valence-electron chi connectivity index (χ0n) is 12.8. The summed E-state index contributed by atoms with van der Waals surface area (Å²) < 4.78 is 1.35. The highest BCUT2D eigenvalue weighted by Crippen LogP contribution is 2.29. The molecule has 0 bridgehead atoms. The molecule has 0 aliphatic carbocycles. The third-order valence-corrected chi connectivity index (χ3v) is 5.57. The molecule has 1 aliphatic heterocycles. The lowest BCUT2D eigenvalue weighted by Crippen LogP contribution is -2.30.